The molecule has 2 aromatic carbocycles. The van der Waals surface area contributed by atoms with Crippen LogP contribution in [0.5, 0.6) is 11.5 Å². The molecule has 1 fully saturated rings. The minimum absolute atomic E-state index is 0.230. The molecule has 0 unspecified atom stereocenters. The molecule has 146 valence electrons. The zero-order valence-corrected chi connectivity index (χ0v) is 15.7. The SMILES string of the molecule is COc1cc2c(Nc3ccc(Cl)cc3F)ncnc2cc1OCC1OCCO1. The van der Waals surface area contributed by atoms with E-state index < -0.39 is 12.1 Å². The van der Waals surface area contributed by atoms with Crippen molar-refractivity contribution in [1.82, 2.24) is 9.97 Å². The summed E-state index contributed by atoms with van der Waals surface area (Å²) in [6, 6.07) is 7.83. The van der Waals surface area contributed by atoms with Gasteiger partial charge in [-0.15, -0.1) is 0 Å². The van der Waals surface area contributed by atoms with Gasteiger partial charge in [0, 0.05) is 16.5 Å². The number of fused-ring (bicyclic) bond motifs is 1. The minimum atomic E-state index is -0.484. The summed E-state index contributed by atoms with van der Waals surface area (Å²) in [5, 5.41) is 3.93. The summed E-state index contributed by atoms with van der Waals surface area (Å²) in [5.74, 6) is 0.928. The standard InChI is InChI=1S/C19H17ClFN3O4/c1-25-16-7-12-15(8-17(16)28-9-18-26-4-5-27-18)22-10-23-19(12)24-14-3-2-11(20)6-13(14)21/h2-3,6-8,10,18H,4-5,9H2,1H3,(H,22,23,24). The van der Waals surface area contributed by atoms with Gasteiger partial charge in [-0.1, -0.05) is 11.6 Å². The lowest BCUT2D eigenvalue weighted by atomic mass is 10.2. The molecule has 0 amide bonds. The van der Waals surface area contributed by atoms with Gasteiger partial charge >= 0.3 is 0 Å². The van der Waals surface area contributed by atoms with Crippen molar-refractivity contribution in [3.05, 3.63) is 47.5 Å². The van der Waals surface area contributed by atoms with Crippen molar-refractivity contribution in [2.24, 2.45) is 0 Å². The van der Waals surface area contributed by atoms with Crippen LogP contribution in [0.4, 0.5) is 15.9 Å². The summed E-state index contributed by atoms with van der Waals surface area (Å²) in [4.78, 5) is 8.49. The first kappa shape index (κ1) is 18.7. The zero-order valence-electron chi connectivity index (χ0n) is 14.9. The fourth-order valence-electron chi connectivity index (χ4n) is 2.82. The number of methoxy groups -OCH3 is 1. The lowest BCUT2D eigenvalue weighted by Crippen LogP contribution is -2.18. The van der Waals surface area contributed by atoms with E-state index >= 15 is 0 Å². The summed E-state index contributed by atoms with van der Waals surface area (Å²) in [6.45, 7) is 1.33. The third-order valence-electron chi connectivity index (χ3n) is 4.17. The smallest absolute Gasteiger partial charge is 0.191 e. The van der Waals surface area contributed by atoms with Crippen LogP contribution in [-0.2, 0) is 9.47 Å². The van der Waals surface area contributed by atoms with E-state index in [9.17, 15) is 4.39 Å². The van der Waals surface area contributed by atoms with Gasteiger partial charge in [-0.25, -0.2) is 14.4 Å². The van der Waals surface area contributed by atoms with Gasteiger partial charge < -0.3 is 24.3 Å². The summed E-state index contributed by atoms with van der Waals surface area (Å²) in [7, 11) is 1.53. The Bertz CT molecular complexity index is 998. The van der Waals surface area contributed by atoms with E-state index in [4.69, 9.17) is 30.5 Å². The highest BCUT2D eigenvalue weighted by molar-refractivity contribution is 6.30. The molecule has 1 aliphatic heterocycles. The minimum Gasteiger partial charge on any atom is -0.493 e. The van der Waals surface area contributed by atoms with E-state index in [2.05, 4.69) is 15.3 Å². The topological polar surface area (TPSA) is 74.7 Å². The maximum Gasteiger partial charge on any atom is 0.191 e. The molecule has 1 aromatic heterocycles. The Balaban J connectivity index is 1.65. The number of hydrogen-bond donors (Lipinski definition) is 1. The van der Waals surface area contributed by atoms with Gasteiger partial charge in [0.2, 0.25) is 0 Å². The molecule has 28 heavy (non-hydrogen) atoms. The molecule has 0 aliphatic carbocycles. The fourth-order valence-corrected chi connectivity index (χ4v) is 2.97. The Morgan fingerprint density at radius 3 is 2.75 bits per heavy atom. The largest absolute Gasteiger partial charge is 0.493 e. The normalized spacial score (nSPS) is 14.4. The second kappa shape index (κ2) is 8.14. The lowest BCUT2D eigenvalue weighted by Gasteiger charge is -2.15. The zero-order chi connectivity index (χ0) is 19.5. The Kier molecular flexibility index (Phi) is 5.43. The molecule has 0 radical (unpaired) electrons. The van der Waals surface area contributed by atoms with Gasteiger partial charge in [0.1, 0.15) is 24.6 Å². The molecule has 0 atom stereocenters. The summed E-state index contributed by atoms with van der Waals surface area (Å²) < 4.78 is 36.1. The molecule has 0 saturated carbocycles. The highest BCUT2D eigenvalue weighted by Crippen LogP contribution is 2.35. The Labute approximate surface area is 165 Å². The molecular weight excluding hydrogens is 389 g/mol. The summed E-state index contributed by atoms with van der Waals surface area (Å²) in [5.41, 5.74) is 0.857. The van der Waals surface area contributed by atoms with Crippen molar-refractivity contribution >= 4 is 34.0 Å². The average molecular weight is 406 g/mol. The first-order valence-electron chi connectivity index (χ1n) is 8.55. The Morgan fingerprint density at radius 2 is 2.00 bits per heavy atom. The van der Waals surface area contributed by atoms with E-state index in [1.165, 1.54) is 19.5 Å². The molecule has 1 N–H and O–H groups in total. The molecule has 4 rings (SSSR count). The summed E-state index contributed by atoms with van der Waals surface area (Å²) in [6.07, 6.45) is 0.980. The van der Waals surface area contributed by atoms with Gasteiger partial charge in [-0.05, 0) is 24.3 Å². The number of aromatic nitrogens is 2. The van der Waals surface area contributed by atoms with E-state index in [1.807, 2.05) is 0 Å². The predicted molar refractivity (Wildman–Crippen MR) is 102 cm³/mol. The van der Waals surface area contributed by atoms with E-state index in [-0.39, 0.29) is 12.3 Å². The third-order valence-corrected chi connectivity index (χ3v) is 4.41. The van der Waals surface area contributed by atoms with Crippen LogP contribution in [0.1, 0.15) is 0 Å². The van der Waals surface area contributed by atoms with Crippen molar-refractivity contribution in [2.45, 2.75) is 6.29 Å². The van der Waals surface area contributed by atoms with Crippen LogP contribution in [-0.4, -0.2) is 43.2 Å². The Morgan fingerprint density at radius 1 is 1.18 bits per heavy atom. The van der Waals surface area contributed by atoms with Crippen molar-refractivity contribution < 1.29 is 23.3 Å². The number of halogens is 2. The highest BCUT2D eigenvalue weighted by atomic mass is 35.5. The number of nitrogens with one attached hydrogen (secondary N) is 1. The van der Waals surface area contributed by atoms with E-state index in [1.54, 1.807) is 24.3 Å². The third kappa shape index (κ3) is 3.94. The fraction of sp³-hybridized carbons (Fsp3) is 0.263. The quantitative estimate of drug-likeness (QED) is 0.666. The number of ether oxygens (including phenoxy) is 4. The second-order valence-corrected chi connectivity index (χ2v) is 6.41. The molecular formula is C19H17ClFN3O4. The molecule has 3 aromatic rings. The predicted octanol–water partition coefficient (Wildman–Crippen LogP) is 3.93. The number of hydrogen-bond acceptors (Lipinski definition) is 7. The Hall–Kier alpha value is -2.68. The van der Waals surface area contributed by atoms with Crippen LogP contribution >= 0.6 is 11.6 Å². The van der Waals surface area contributed by atoms with Gasteiger partial charge in [0.05, 0.1) is 31.5 Å². The number of benzene rings is 2. The monoisotopic (exact) mass is 405 g/mol. The van der Waals surface area contributed by atoms with Gasteiger partial charge in [-0.3, -0.25) is 0 Å². The van der Waals surface area contributed by atoms with Gasteiger partial charge in [0.15, 0.2) is 17.8 Å². The second-order valence-electron chi connectivity index (χ2n) is 5.97. The average Bonchev–Trinajstić information content (AvgIpc) is 3.21. The summed E-state index contributed by atoms with van der Waals surface area (Å²) >= 11 is 5.81. The number of nitrogens with zero attached hydrogens (tertiary/aromatic N) is 2. The first-order chi connectivity index (χ1) is 13.6. The van der Waals surface area contributed by atoms with Gasteiger partial charge in [-0.2, -0.15) is 0 Å². The van der Waals surface area contributed by atoms with E-state index in [0.29, 0.717) is 46.5 Å². The van der Waals surface area contributed by atoms with Crippen LogP contribution in [0, 0.1) is 5.82 Å². The molecule has 2 heterocycles. The molecule has 0 spiro atoms. The van der Waals surface area contributed by atoms with Crippen molar-refractivity contribution in [3.63, 3.8) is 0 Å². The van der Waals surface area contributed by atoms with Crippen LogP contribution < -0.4 is 14.8 Å². The van der Waals surface area contributed by atoms with Crippen LogP contribution in [0.25, 0.3) is 10.9 Å². The molecule has 9 heteroatoms. The van der Waals surface area contributed by atoms with Crippen molar-refractivity contribution in [2.75, 3.05) is 32.2 Å². The molecule has 7 nitrogen and oxygen atoms in total. The number of anilines is 2. The number of rotatable bonds is 6. The van der Waals surface area contributed by atoms with Crippen LogP contribution in [0.15, 0.2) is 36.7 Å². The lowest BCUT2D eigenvalue weighted by molar-refractivity contribution is -0.0686. The van der Waals surface area contributed by atoms with Crippen molar-refractivity contribution in [3.8, 4) is 11.5 Å². The maximum atomic E-state index is 14.1. The van der Waals surface area contributed by atoms with Crippen LogP contribution in [0.3, 0.4) is 0 Å². The molecule has 1 aliphatic rings. The molecule has 1 saturated heterocycles. The maximum absolute atomic E-state index is 14.1. The van der Waals surface area contributed by atoms with Crippen molar-refractivity contribution in [1.29, 1.82) is 0 Å². The highest BCUT2D eigenvalue weighted by Gasteiger charge is 2.19. The van der Waals surface area contributed by atoms with Gasteiger partial charge in [0.25, 0.3) is 0 Å². The molecule has 0 bridgehead atoms. The van der Waals surface area contributed by atoms with E-state index in [0.717, 1.165) is 0 Å². The first-order valence-corrected chi connectivity index (χ1v) is 8.92. The van der Waals surface area contributed by atoms with Crippen LogP contribution in [0.2, 0.25) is 5.02 Å².